The summed E-state index contributed by atoms with van der Waals surface area (Å²) in [5, 5.41) is 3.34. The summed E-state index contributed by atoms with van der Waals surface area (Å²) in [5.74, 6) is 1.63. The maximum atomic E-state index is 5.73. The molecule has 1 saturated carbocycles. The van der Waals surface area contributed by atoms with E-state index < -0.39 is 0 Å². The van der Waals surface area contributed by atoms with Crippen molar-refractivity contribution in [1.82, 2.24) is 5.32 Å². The Hall–Kier alpha value is -0.120. The molecule has 0 aromatic carbocycles. The molecule has 1 heterocycles. The summed E-state index contributed by atoms with van der Waals surface area (Å²) in [4.78, 5) is 0. The van der Waals surface area contributed by atoms with Crippen LogP contribution in [0.5, 0.6) is 0 Å². The van der Waals surface area contributed by atoms with Crippen molar-refractivity contribution >= 4 is 0 Å². The highest BCUT2D eigenvalue weighted by Crippen LogP contribution is 2.32. The number of ether oxygens (including phenoxy) is 2. The minimum Gasteiger partial charge on any atom is -0.381 e. The van der Waals surface area contributed by atoms with Crippen molar-refractivity contribution in [3.8, 4) is 0 Å². The quantitative estimate of drug-likeness (QED) is 0.649. The average Bonchev–Trinajstić information content (AvgIpc) is 2.92. The summed E-state index contributed by atoms with van der Waals surface area (Å²) in [6.07, 6.45) is 5.29. The van der Waals surface area contributed by atoms with E-state index in [-0.39, 0.29) is 0 Å². The first-order valence-electron chi connectivity index (χ1n) is 6.23. The third-order valence-corrected chi connectivity index (χ3v) is 3.57. The van der Waals surface area contributed by atoms with Crippen molar-refractivity contribution in [2.75, 3.05) is 33.5 Å². The predicted molar refractivity (Wildman–Crippen MR) is 59.9 cm³/mol. The van der Waals surface area contributed by atoms with Crippen molar-refractivity contribution in [1.29, 1.82) is 0 Å². The van der Waals surface area contributed by atoms with Crippen LogP contribution in [-0.2, 0) is 9.47 Å². The lowest BCUT2D eigenvalue weighted by molar-refractivity contribution is 0.0860. The SMILES string of the molecule is CNC(COCCC1CC1)C1CCOC1. The zero-order valence-electron chi connectivity index (χ0n) is 9.71. The first-order chi connectivity index (χ1) is 7.40. The highest BCUT2D eigenvalue weighted by molar-refractivity contribution is 4.78. The molecule has 0 aromatic rings. The van der Waals surface area contributed by atoms with Gasteiger partial charge in [0.05, 0.1) is 13.2 Å². The fraction of sp³-hybridized carbons (Fsp3) is 1.00. The van der Waals surface area contributed by atoms with E-state index in [9.17, 15) is 0 Å². The fourth-order valence-corrected chi connectivity index (χ4v) is 2.19. The lowest BCUT2D eigenvalue weighted by Gasteiger charge is -2.21. The van der Waals surface area contributed by atoms with Gasteiger partial charge in [-0.15, -0.1) is 0 Å². The van der Waals surface area contributed by atoms with Crippen LogP contribution in [0.15, 0.2) is 0 Å². The van der Waals surface area contributed by atoms with Gasteiger partial charge in [0.1, 0.15) is 0 Å². The van der Waals surface area contributed by atoms with Gasteiger partial charge in [-0.3, -0.25) is 0 Å². The topological polar surface area (TPSA) is 30.5 Å². The van der Waals surface area contributed by atoms with E-state index in [2.05, 4.69) is 5.32 Å². The van der Waals surface area contributed by atoms with Gasteiger partial charge in [0, 0.05) is 25.2 Å². The van der Waals surface area contributed by atoms with Gasteiger partial charge in [-0.25, -0.2) is 0 Å². The van der Waals surface area contributed by atoms with Gasteiger partial charge in [-0.1, -0.05) is 12.8 Å². The smallest absolute Gasteiger partial charge is 0.0623 e. The monoisotopic (exact) mass is 213 g/mol. The summed E-state index contributed by atoms with van der Waals surface area (Å²) in [6, 6.07) is 0.478. The molecule has 2 unspecified atom stereocenters. The molecule has 0 spiro atoms. The molecule has 1 aliphatic heterocycles. The Morgan fingerprint density at radius 1 is 1.40 bits per heavy atom. The van der Waals surface area contributed by atoms with E-state index in [1.807, 2.05) is 7.05 Å². The number of likely N-dealkylation sites (N-methyl/N-ethyl adjacent to an activating group) is 1. The lowest BCUT2D eigenvalue weighted by Crippen LogP contribution is -2.38. The summed E-state index contributed by atoms with van der Waals surface area (Å²) in [5.41, 5.74) is 0. The van der Waals surface area contributed by atoms with Gasteiger partial charge in [-0.2, -0.15) is 0 Å². The van der Waals surface area contributed by atoms with Crippen LogP contribution in [-0.4, -0.2) is 39.5 Å². The molecule has 2 aliphatic rings. The summed E-state index contributed by atoms with van der Waals surface area (Å²) in [7, 11) is 2.02. The molecule has 1 aliphatic carbocycles. The van der Waals surface area contributed by atoms with E-state index in [1.54, 1.807) is 0 Å². The molecule has 2 rings (SSSR count). The maximum absolute atomic E-state index is 5.73. The molecule has 1 saturated heterocycles. The zero-order valence-corrected chi connectivity index (χ0v) is 9.71. The molecule has 2 fully saturated rings. The molecule has 88 valence electrons. The Balaban J connectivity index is 1.56. The van der Waals surface area contributed by atoms with Crippen LogP contribution in [0.25, 0.3) is 0 Å². The van der Waals surface area contributed by atoms with Crippen molar-refractivity contribution in [3.05, 3.63) is 0 Å². The van der Waals surface area contributed by atoms with Crippen LogP contribution in [0.4, 0.5) is 0 Å². The van der Waals surface area contributed by atoms with E-state index in [4.69, 9.17) is 9.47 Å². The van der Waals surface area contributed by atoms with Gasteiger partial charge in [0.25, 0.3) is 0 Å². The van der Waals surface area contributed by atoms with Crippen molar-refractivity contribution < 1.29 is 9.47 Å². The molecule has 0 radical (unpaired) electrons. The van der Waals surface area contributed by atoms with Gasteiger partial charge in [0.15, 0.2) is 0 Å². The largest absolute Gasteiger partial charge is 0.381 e. The predicted octanol–water partition coefficient (Wildman–Crippen LogP) is 1.43. The van der Waals surface area contributed by atoms with Gasteiger partial charge < -0.3 is 14.8 Å². The molecular formula is C12H23NO2. The van der Waals surface area contributed by atoms with Crippen LogP contribution in [0, 0.1) is 11.8 Å². The Morgan fingerprint density at radius 2 is 2.27 bits per heavy atom. The first kappa shape index (κ1) is 11.4. The zero-order chi connectivity index (χ0) is 10.5. The van der Waals surface area contributed by atoms with Gasteiger partial charge >= 0.3 is 0 Å². The average molecular weight is 213 g/mol. The van der Waals surface area contributed by atoms with E-state index in [0.29, 0.717) is 12.0 Å². The molecular weight excluding hydrogens is 190 g/mol. The third-order valence-electron chi connectivity index (χ3n) is 3.57. The van der Waals surface area contributed by atoms with Gasteiger partial charge in [0.2, 0.25) is 0 Å². The Kier molecular flexibility index (Phi) is 4.42. The number of nitrogens with one attached hydrogen (secondary N) is 1. The molecule has 0 bridgehead atoms. The standard InChI is InChI=1S/C12H23NO2/c1-13-12(11-5-7-14-8-11)9-15-6-4-10-2-3-10/h10-13H,2-9H2,1H3. The van der Waals surface area contributed by atoms with Crippen molar-refractivity contribution in [2.24, 2.45) is 11.8 Å². The van der Waals surface area contributed by atoms with Crippen LogP contribution < -0.4 is 5.32 Å². The highest BCUT2D eigenvalue weighted by atomic mass is 16.5. The van der Waals surface area contributed by atoms with Crippen LogP contribution in [0.2, 0.25) is 0 Å². The highest BCUT2D eigenvalue weighted by Gasteiger charge is 2.25. The van der Waals surface area contributed by atoms with Crippen molar-refractivity contribution in [3.63, 3.8) is 0 Å². The van der Waals surface area contributed by atoms with E-state index in [1.165, 1.54) is 25.7 Å². The van der Waals surface area contributed by atoms with E-state index >= 15 is 0 Å². The van der Waals surface area contributed by atoms with Crippen LogP contribution in [0.3, 0.4) is 0 Å². The summed E-state index contributed by atoms with van der Waals surface area (Å²) < 4.78 is 11.1. The first-order valence-corrected chi connectivity index (χ1v) is 6.23. The summed E-state index contributed by atoms with van der Waals surface area (Å²) >= 11 is 0. The maximum Gasteiger partial charge on any atom is 0.0623 e. The van der Waals surface area contributed by atoms with Crippen molar-refractivity contribution in [2.45, 2.75) is 31.7 Å². The van der Waals surface area contributed by atoms with E-state index in [0.717, 1.165) is 32.3 Å². The second-order valence-corrected chi connectivity index (χ2v) is 4.83. The second kappa shape index (κ2) is 5.83. The molecule has 15 heavy (non-hydrogen) atoms. The van der Waals surface area contributed by atoms with Gasteiger partial charge in [-0.05, 0) is 25.8 Å². The number of hydrogen-bond donors (Lipinski definition) is 1. The Labute approximate surface area is 92.5 Å². The third kappa shape index (κ3) is 3.74. The molecule has 0 aromatic heterocycles. The molecule has 0 amide bonds. The lowest BCUT2D eigenvalue weighted by atomic mass is 10.00. The van der Waals surface area contributed by atoms with Crippen LogP contribution in [0.1, 0.15) is 25.7 Å². The minimum absolute atomic E-state index is 0.478. The molecule has 3 nitrogen and oxygen atoms in total. The summed E-state index contributed by atoms with van der Waals surface area (Å²) in [6.45, 7) is 3.61. The number of hydrogen-bond acceptors (Lipinski definition) is 3. The Morgan fingerprint density at radius 3 is 2.87 bits per heavy atom. The molecule has 2 atom stereocenters. The molecule has 1 N–H and O–H groups in total. The van der Waals surface area contributed by atoms with Crippen LogP contribution >= 0.6 is 0 Å². The molecule has 3 heteroatoms. The number of rotatable bonds is 7. The minimum atomic E-state index is 0.478. The Bertz CT molecular complexity index is 176. The second-order valence-electron chi connectivity index (χ2n) is 4.83. The fourth-order valence-electron chi connectivity index (χ4n) is 2.19. The normalized spacial score (nSPS) is 28.2.